The molecule has 6 nitrogen and oxygen atoms in total. The van der Waals surface area contributed by atoms with Crippen molar-refractivity contribution in [1.29, 1.82) is 0 Å². The van der Waals surface area contributed by atoms with Crippen LogP contribution in [0.5, 0.6) is 11.5 Å². The predicted octanol–water partition coefficient (Wildman–Crippen LogP) is 4.59. The van der Waals surface area contributed by atoms with Crippen LogP contribution in [0.25, 0.3) is 22.3 Å². The first kappa shape index (κ1) is 20.0. The van der Waals surface area contributed by atoms with Crippen molar-refractivity contribution in [3.05, 3.63) is 87.1 Å². The van der Waals surface area contributed by atoms with Crippen molar-refractivity contribution in [3.8, 4) is 22.9 Å². The van der Waals surface area contributed by atoms with Gasteiger partial charge in [0, 0.05) is 15.6 Å². The Hall–Kier alpha value is -3.32. The minimum atomic E-state index is -0.166. The molecule has 0 amide bonds. The summed E-state index contributed by atoms with van der Waals surface area (Å²) >= 11 is 3.45. The summed E-state index contributed by atoms with van der Waals surface area (Å²) in [7, 11) is 3.23. The second-order valence-electron chi connectivity index (χ2n) is 6.61. The summed E-state index contributed by atoms with van der Waals surface area (Å²) in [4.78, 5) is 18.0. The third-order valence-corrected chi connectivity index (χ3v) is 5.32. The second-order valence-corrected chi connectivity index (χ2v) is 7.53. The number of para-hydroxylation sites is 1. The van der Waals surface area contributed by atoms with E-state index in [1.807, 2.05) is 60.7 Å². The molecule has 4 rings (SSSR count). The molecule has 7 heteroatoms. The lowest BCUT2D eigenvalue weighted by molar-refractivity contribution is 0.399. The van der Waals surface area contributed by atoms with Crippen molar-refractivity contribution < 1.29 is 9.47 Å². The molecule has 3 aromatic carbocycles. The Balaban J connectivity index is 1.81. The number of aromatic nitrogens is 2. The van der Waals surface area contributed by atoms with Gasteiger partial charge in [-0.15, -0.1) is 0 Å². The summed E-state index contributed by atoms with van der Waals surface area (Å²) in [6.07, 6.45) is 0. The first-order valence-corrected chi connectivity index (χ1v) is 10.1. The minimum absolute atomic E-state index is 0.166. The third kappa shape index (κ3) is 3.89. The fourth-order valence-corrected chi connectivity index (χ4v) is 3.52. The van der Waals surface area contributed by atoms with Crippen molar-refractivity contribution in [2.45, 2.75) is 6.54 Å². The lowest BCUT2D eigenvalue weighted by atomic mass is 10.2. The molecule has 1 heterocycles. The van der Waals surface area contributed by atoms with Gasteiger partial charge < -0.3 is 14.9 Å². The van der Waals surface area contributed by atoms with Crippen molar-refractivity contribution in [2.24, 2.45) is 0 Å². The van der Waals surface area contributed by atoms with E-state index in [2.05, 4.69) is 21.4 Å². The topological polar surface area (TPSA) is 65.4 Å². The Kier molecular flexibility index (Phi) is 5.72. The van der Waals surface area contributed by atoms with E-state index in [9.17, 15) is 4.79 Å². The third-order valence-electron chi connectivity index (χ3n) is 4.79. The number of rotatable bonds is 6. The maximum atomic E-state index is 13.3. The number of nitrogens with zero attached hydrogens (tertiary/aromatic N) is 2. The lowest BCUT2D eigenvalue weighted by Crippen LogP contribution is -2.31. The van der Waals surface area contributed by atoms with Crippen LogP contribution in [0, 0.1) is 0 Å². The molecule has 0 saturated carbocycles. The van der Waals surface area contributed by atoms with Crippen molar-refractivity contribution in [1.82, 2.24) is 9.66 Å². The molecule has 30 heavy (non-hydrogen) atoms. The first-order chi connectivity index (χ1) is 14.6. The zero-order valence-corrected chi connectivity index (χ0v) is 18.1. The van der Waals surface area contributed by atoms with E-state index in [0.29, 0.717) is 34.8 Å². The zero-order chi connectivity index (χ0) is 21.1. The van der Waals surface area contributed by atoms with E-state index in [1.54, 1.807) is 20.3 Å². The predicted molar refractivity (Wildman–Crippen MR) is 122 cm³/mol. The highest BCUT2D eigenvalue weighted by Crippen LogP contribution is 2.25. The second kappa shape index (κ2) is 8.59. The Morgan fingerprint density at radius 3 is 2.50 bits per heavy atom. The van der Waals surface area contributed by atoms with Crippen LogP contribution in [0.1, 0.15) is 5.56 Å². The van der Waals surface area contributed by atoms with E-state index in [4.69, 9.17) is 14.5 Å². The average molecular weight is 466 g/mol. The SMILES string of the molecule is COc1ccc(OC)c(CNn2c(-c3ccc(Br)cc3)nc3ccccc3c2=O)c1. The highest BCUT2D eigenvalue weighted by atomic mass is 79.9. The van der Waals surface area contributed by atoms with Crippen molar-refractivity contribution >= 4 is 26.8 Å². The number of hydrogen-bond acceptors (Lipinski definition) is 5. The number of halogens is 1. The Morgan fingerprint density at radius 2 is 1.77 bits per heavy atom. The van der Waals surface area contributed by atoms with Crippen LogP contribution in [-0.2, 0) is 6.54 Å². The first-order valence-electron chi connectivity index (χ1n) is 9.33. The van der Waals surface area contributed by atoms with Gasteiger partial charge in [-0.25, -0.2) is 9.66 Å². The average Bonchev–Trinajstić information content (AvgIpc) is 2.78. The van der Waals surface area contributed by atoms with E-state index >= 15 is 0 Å². The van der Waals surface area contributed by atoms with Gasteiger partial charge in [0.1, 0.15) is 11.5 Å². The van der Waals surface area contributed by atoms with Gasteiger partial charge in [-0.05, 0) is 42.5 Å². The molecule has 0 spiro atoms. The molecule has 1 N–H and O–H groups in total. The van der Waals surface area contributed by atoms with Crippen LogP contribution in [0.15, 0.2) is 76.0 Å². The number of fused-ring (bicyclic) bond motifs is 1. The van der Waals surface area contributed by atoms with Crippen LogP contribution in [0.4, 0.5) is 0 Å². The van der Waals surface area contributed by atoms with Crippen LogP contribution in [-0.4, -0.2) is 23.9 Å². The summed E-state index contributed by atoms with van der Waals surface area (Å²) in [5, 5.41) is 0.545. The van der Waals surface area contributed by atoms with Gasteiger partial charge in [0.2, 0.25) is 0 Å². The molecule has 152 valence electrons. The number of ether oxygens (including phenoxy) is 2. The maximum Gasteiger partial charge on any atom is 0.280 e. The molecule has 0 fully saturated rings. The number of methoxy groups -OCH3 is 2. The number of benzene rings is 3. The molecule has 0 aliphatic rings. The standard InChI is InChI=1S/C23H20BrN3O3/c1-29-18-11-12-21(30-2)16(13-18)14-25-27-22(15-7-9-17(24)10-8-15)26-20-6-4-3-5-19(20)23(27)28/h3-13,25H,14H2,1-2H3. The van der Waals surface area contributed by atoms with Crippen LogP contribution in [0.2, 0.25) is 0 Å². The Morgan fingerprint density at radius 1 is 1.00 bits per heavy atom. The van der Waals surface area contributed by atoms with Gasteiger partial charge in [0.05, 0.1) is 31.7 Å². The summed E-state index contributed by atoms with van der Waals surface area (Å²) in [5.41, 5.74) is 5.39. The van der Waals surface area contributed by atoms with Gasteiger partial charge in [-0.1, -0.05) is 40.2 Å². The highest BCUT2D eigenvalue weighted by Gasteiger charge is 2.14. The smallest absolute Gasteiger partial charge is 0.280 e. The Labute approximate surface area is 182 Å². The van der Waals surface area contributed by atoms with Gasteiger partial charge in [-0.3, -0.25) is 4.79 Å². The summed E-state index contributed by atoms with van der Waals surface area (Å²) in [5.74, 6) is 1.95. The van der Waals surface area contributed by atoms with E-state index < -0.39 is 0 Å². The molecule has 1 aromatic heterocycles. The minimum Gasteiger partial charge on any atom is -0.497 e. The Bertz CT molecular complexity index is 1250. The van der Waals surface area contributed by atoms with Crippen LogP contribution < -0.4 is 20.5 Å². The molecule has 0 aliphatic heterocycles. The van der Waals surface area contributed by atoms with Gasteiger partial charge >= 0.3 is 0 Å². The number of hydrogen-bond donors (Lipinski definition) is 1. The van der Waals surface area contributed by atoms with E-state index in [1.165, 1.54) is 4.68 Å². The molecule has 0 atom stereocenters. The summed E-state index contributed by atoms with van der Waals surface area (Å²) in [6.45, 7) is 0.351. The van der Waals surface area contributed by atoms with E-state index in [0.717, 1.165) is 15.6 Å². The van der Waals surface area contributed by atoms with Gasteiger partial charge in [-0.2, -0.15) is 0 Å². The summed E-state index contributed by atoms with van der Waals surface area (Å²) < 4.78 is 13.2. The molecule has 0 aliphatic carbocycles. The van der Waals surface area contributed by atoms with Crippen molar-refractivity contribution in [3.63, 3.8) is 0 Å². The highest BCUT2D eigenvalue weighted by molar-refractivity contribution is 9.10. The monoisotopic (exact) mass is 465 g/mol. The van der Waals surface area contributed by atoms with Crippen molar-refractivity contribution in [2.75, 3.05) is 19.6 Å². The summed E-state index contributed by atoms with van der Waals surface area (Å²) in [6, 6.07) is 20.6. The maximum absolute atomic E-state index is 13.3. The molecular weight excluding hydrogens is 446 g/mol. The zero-order valence-electron chi connectivity index (χ0n) is 16.6. The van der Waals surface area contributed by atoms with Gasteiger partial charge in [0.25, 0.3) is 5.56 Å². The fourth-order valence-electron chi connectivity index (χ4n) is 3.26. The van der Waals surface area contributed by atoms with Gasteiger partial charge in [0.15, 0.2) is 5.82 Å². The molecule has 0 radical (unpaired) electrons. The van der Waals surface area contributed by atoms with Crippen LogP contribution >= 0.6 is 15.9 Å². The normalized spacial score (nSPS) is 10.8. The molecule has 4 aromatic rings. The molecule has 0 unspecified atom stereocenters. The molecule has 0 saturated heterocycles. The number of nitrogens with one attached hydrogen (secondary N) is 1. The largest absolute Gasteiger partial charge is 0.497 e. The quantitative estimate of drug-likeness (QED) is 0.451. The lowest BCUT2D eigenvalue weighted by Gasteiger charge is -2.17. The van der Waals surface area contributed by atoms with Crippen LogP contribution in [0.3, 0.4) is 0 Å². The molecular formula is C23H20BrN3O3. The van der Waals surface area contributed by atoms with E-state index in [-0.39, 0.29) is 5.56 Å². The molecule has 0 bridgehead atoms. The fraction of sp³-hybridized carbons (Fsp3) is 0.130.